The Hall–Kier alpha value is -0.0500. The minimum Gasteiger partial charge on any atom is -0.253 e. The van der Waals surface area contributed by atoms with Gasteiger partial charge in [0.25, 0.3) is 0 Å². The normalized spacial score (nSPS) is 15.5. The van der Waals surface area contributed by atoms with Gasteiger partial charge >= 0.3 is 0 Å². The average molecular weight is 205 g/mol. The number of hydrogen-bond acceptors (Lipinski definition) is 2. The molecule has 1 N–H and O–H groups in total. The number of rotatable bonds is 8. The minimum absolute atomic E-state index is 0.516. The standard InChI is InChI=1S/C10H23NOS/c1-3-5-6-7-8-9-10-13(11,12)4-2/h11H,3-10H2,1-2H3. The number of unbranched alkanes of at least 4 members (excludes halogenated alkanes) is 5. The molecule has 0 aromatic carbocycles. The Morgan fingerprint density at radius 1 is 1.00 bits per heavy atom. The lowest BCUT2D eigenvalue weighted by molar-refractivity contribution is 0.620. The second-order valence-corrected chi connectivity index (χ2v) is 6.18. The molecule has 0 aliphatic rings. The number of hydrogen-bond donors (Lipinski definition) is 1. The molecule has 3 heteroatoms. The van der Waals surface area contributed by atoms with Crippen LogP contribution in [0.5, 0.6) is 0 Å². The molecule has 1 atom stereocenters. The van der Waals surface area contributed by atoms with Crippen LogP contribution >= 0.6 is 0 Å². The molecule has 0 aliphatic carbocycles. The first-order chi connectivity index (χ1) is 6.12. The van der Waals surface area contributed by atoms with Crippen molar-refractivity contribution in [2.45, 2.75) is 52.4 Å². The van der Waals surface area contributed by atoms with Gasteiger partial charge in [-0.3, -0.25) is 4.78 Å². The van der Waals surface area contributed by atoms with Crippen molar-refractivity contribution in [2.24, 2.45) is 0 Å². The van der Waals surface area contributed by atoms with Gasteiger partial charge < -0.3 is 0 Å². The highest BCUT2D eigenvalue weighted by molar-refractivity contribution is 7.92. The van der Waals surface area contributed by atoms with Gasteiger partial charge in [0.2, 0.25) is 0 Å². The van der Waals surface area contributed by atoms with Crippen LogP contribution in [0.15, 0.2) is 0 Å². The summed E-state index contributed by atoms with van der Waals surface area (Å²) >= 11 is 0. The van der Waals surface area contributed by atoms with Crippen molar-refractivity contribution >= 4 is 9.73 Å². The van der Waals surface area contributed by atoms with Gasteiger partial charge in [-0.1, -0.05) is 46.0 Å². The third-order valence-corrected chi connectivity index (χ3v) is 4.17. The lowest BCUT2D eigenvalue weighted by Crippen LogP contribution is -2.06. The van der Waals surface area contributed by atoms with Crippen LogP contribution in [0.4, 0.5) is 0 Å². The fourth-order valence-corrected chi connectivity index (χ4v) is 2.22. The van der Waals surface area contributed by atoms with Gasteiger partial charge in [0.05, 0.1) is 0 Å². The third-order valence-electron chi connectivity index (χ3n) is 2.29. The first-order valence-corrected chi connectivity index (χ1v) is 7.26. The molecular formula is C10H23NOS. The maximum Gasteiger partial charge on any atom is 0.0438 e. The second-order valence-electron chi connectivity index (χ2n) is 3.57. The summed E-state index contributed by atoms with van der Waals surface area (Å²) in [4.78, 5) is 0. The monoisotopic (exact) mass is 205 g/mol. The second kappa shape index (κ2) is 7.36. The van der Waals surface area contributed by atoms with Gasteiger partial charge in [0.1, 0.15) is 0 Å². The Labute approximate surface area is 83.1 Å². The lowest BCUT2D eigenvalue weighted by atomic mass is 10.1. The van der Waals surface area contributed by atoms with E-state index in [2.05, 4.69) is 6.92 Å². The maximum atomic E-state index is 11.3. The Bertz CT molecular complexity index is 197. The smallest absolute Gasteiger partial charge is 0.0438 e. The Morgan fingerprint density at radius 2 is 1.54 bits per heavy atom. The Balaban J connectivity index is 3.26. The first kappa shape index (κ1) is 12.9. The third kappa shape index (κ3) is 8.28. The van der Waals surface area contributed by atoms with Crippen LogP contribution in [0.2, 0.25) is 0 Å². The molecule has 80 valence electrons. The van der Waals surface area contributed by atoms with E-state index in [1.54, 1.807) is 0 Å². The molecule has 0 aromatic rings. The van der Waals surface area contributed by atoms with Gasteiger partial charge in [-0.2, -0.15) is 0 Å². The summed E-state index contributed by atoms with van der Waals surface area (Å²) in [5.74, 6) is 1.12. The Kier molecular flexibility index (Phi) is 7.33. The Morgan fingerprint density at radius 3 is 2.08 bits per heavy atom. The molecule has 1 unspecified atom stereocenters. The average Bonchev–Trinajstić information content (AvgIpc) is 2.11. The molecule has 0 heterocycles. The van der Waals surface area contributed by atoms with Crippen molar-refractivity contribution in [1.29, 1.82) is 4.78 Å². The summed E-state index contributed by atoms with van der Waals surface area (Å²) in [5.41, 5.74) is 0. The molecule has 2 nitrogen and oxygen atoms in total. The van der Waals surface area contributed by atoms with Crippen LogP contribution in [0, 0.1) is 4.78 Å². The van der Waals surface area contributed by atoms with E-state index in [1.165, 1.54) is 25.7 Å². The summed E-state index contributed by atoms with van der Waals surface area (Å²) in [6.45, 7) is 4.04. The van der Waals surface area contributed by atoms with E-state index in [-0.39, 0.29) is 0 Å². The van der Waals surface area contributed by atoms with E-state index in [0.717, 1.165) is 12.8 Å². The van der Waals surface area contributed by atoms with Gasteiger partial charge in [0, 0.05) is 21.2 Å². The molecule has 0 saturated heterocycles. The van der Waals surface area contributed by atoms with E-state index in [4.69, 9.17) is 4.78 Å². The molecule has 0 aliphatic heterocycles. The molecular weight excluding hydrogens is 182 g/mol. The summed E-state index contributed by atoms with van der Waals surface area (Å²) in [7, 11) is -2.21. The van der Waals surface area contributed by atoms with E-state index in [1.807, 2.05) is 6.92 Å². The van der Waals surface area contributed by atoms with Crippen molar-refractivity contribution in [2.75, 3.05) is 11.5 Å². The van der Waals surface area contributed by atoms with E-state index < -0.39 is 9.73 Å². The predicted octanol–water partition coefficient (Wildman–Crippen LogP) is 3.41. The van der Waals surface area contributed by atoms with E-state index in [0.29, 0.717) is 11.5 Å². The van der Waals surface area contributed by atoms with Gasteiger partial charge in [-0.25, -0.2) is 4.21 Å². The quantitative estimate of drug-likeness (QED) is 0.606. The van der Waals surface area contributed by atoms with Crippen molar-refractivity contribution in [3.05, 3.63) is 0 Å². The summed E-state index contributed by atoms with van der Waals surface area (Å²) in [5, 5.41) is 0. The van der Waals surface area contributed by atoms with Crippen LogP contribution in [0.1, 0.15) is 52.4 Å². The highest BCUT2D eigenvalue weighted by Crippen LogP contribution is 2.06. The van der Waals surface area contributed by atoms with E-state index in [9.17, 15) is 4.21 Å². The molecule has 0 saturated carbocycles. The first-order valence-electron chi connectivity index (χ1n) is 5.36. The molecule has 0 fully saturated rings. The van der Waals surface area contributed by atoms with Gasteiger partial charge in [-0.15, -0.1) is 0 Å². The summed E-state index contributed by atoms with van der Waals surface area (Å²) < 4.78 is 18.7. The zero-order valence-electron chi connectivity index (χ0n) is 8.97. The van der Waals surface area contributed by atoms with Crippen molar-refractivity contribution in [3.8, 4) is 0 Å². The van der Waals surface area contributed by atoms with Crippen LogP contribution in [0.25, 0.3) is 0 Å². The topological polar surface area (TPSA) is 40.9 Å². The van der Waals surface area contributed by atoms with Crippen LogP contribution < -0.4 is 0 Å². The number of nitrogens with one attached hydrogen (secondary N) is 1. The minimum atomic E-state index is -2.21. The zero-order chi connectivity index (χ0) is 10.2. The fraction of sp³-hybridized carbons (Fsp3) is 1.00. The van der Waals surface area contributed by atoms with Crippen molar-refractivity contribution in [1.82, 2.24) is 0 Å². The van der Waals surface area contributed by atoms with Crippen LogP contribution in [-0.4, -0.2) is 15.7 Å². The fourth-order valence-electron chi connectivity index (χ4n) is 1.26. The molecule has 0 aromatic heterocycles. The highest BCUT2D eigenvalue weighted by atomic mass is 32.2. The lowest BCUT2D eigenvalue weighted by Gasteiger charge is -2.03. The highest BCUT2D eigenvalue weighted by Gasteiger charge is 2.01. The molecule has 13 heavy (non-hydrogen) atoms. The van der Waals surface area contributed by atoms with Crippen molar-refractivity contribution < 1.29 is 4.21 Å². The van der Waals surface area contributed by atoms with Crippen LogP contribution in [-0.2, 0) is 9.73 Å². The van der Waals surface area contributed by atoms with Gasteiger partial charge in [0.15, 0.2) is 0 Å². The molecule has 0 rings (SSSR count). The van der Waals surface area contributed by atoms with Crippen LogP contribution in [0.3, 0.4) is 0 Å². The SMILES string of the molecule is CCCCCCCCS(=N)(=O)CC. The van der Waals surface area contributed by atoms with Gasteiger partial charge in [-0.05, 0) is 6.42 Å². The molecule has 0 amide bonds. The predicted molar refractivity (Wildman–Crippen MR) is 59.6 cm³/mol. The zero-order valence-corrected chi connectivity index (χ0v) is 9.79. The summed E-state index contributed by atoms with van der Waals surface area (Å²) in [6.07, 6.45) is 7.23. The van der Waals surface area contributed by atoms with E-state index >= 15 is 0 Å². The largest absolute Gasteiger partial charge is 0.253 e. The summed E-state index contributed by atoms with van der Waals surface area (Å²) in [6, 6.07) is 0. The maximum absolute atomic E-state index is 11.3. The molecule has 0 spiro atoms. The van der Waals surface area contributed by atoms with Crippen molar-refractivity contribution in [3.63, 3.8) is 0 Å². The molecule has 0 radical (unpaired) electrons. The molecule has 0 bridgehead atoms.